The Kier molecular flexibility index (Phi) is 5.33. The molecule has 0 aliphatic carbocycles. The third-order valence-electron chi connectivity index (χ3n) is 3.13. The molecule has 0 N–H and O–H groups in total. The molecule has 0 unspecified atom stereocenters. The fourth-order valence-electron chi connectivity index (χ4n) is 1.97. The van der Waals surface area contributed by atoms with Crippen molar-refractivity contribution in [3.05, 3.63) is 34.9 Å². The van der Waals surface area contributed by atoms with Crippen LogP contribution in [-0.4, -0.2) is 30.1 Å². The molecule has 1 aromatic rings. The molecule has 0 saturated carbocycles. The average molecular weight is 254 g/mol. The summed E-state index contributed by atoms with van der Waals surface area (Å²) in [6, 6.07) is 7.31. The SMILES string of the molecule is CO[Si](CCc1ccc(C)cc1C)(OC)OC. The predicted octanol–water partition coefficient (Wildman–Crippen LogP) is 2.72. The van der Waals surface area contributed by atoms with Crippen LogP contribution in [0.1, 0.15) is 16.7 Å². The lowest BCUT2D eigenvalue weighted by atomic mass is 10.0. The highest BCUT2D eigenvalue weighted by atomic mass is 28.4. The average Bonchev–Trinajstić information content (AvgIpc) is 2.33. The van der Waals surface area contributed by atoms with E-state index in [1.807, 2.05) is 0 Å². The van der Waals surface area contributed by atoms with Gasteiger partial charge < -0.3 is 13.3 Å². The van der Waals surface area contributed by atoms with Crippen molar-refractivity contribution in [3.8, 4) is 0 Å². The number of rotatable bonds is 6. The molecule has 0 amide bonds. The van der Waals surface area contributed by atoms with Gasteiger partial charge >= 0.3 is 8.80 Å². The Morgan fingerprint density at radius 3 is 2.06 bits per heavy atom. The van der Waals surface area contributed by atoms with Gasteiger partial charge in [0.15, 0.2) is 0 Å². The molecule has 0 spiro atoms. The summed E-state index contributed by atoms with van der Waals surface area (Å²) >= 11 is 0. The summed E-state index contributed by atoms with van der Waals surface area (Å²) in [7, 11) is 2.53. The van der Waals surface area contributed by atoms with E-state index in [9.17, 15) is 0 Å². The van der Waals surface area contributed by atoms with Crippen molar-refractivity contribution >= 4 is 8.80 Å². The van der Waals surface area contributed by atoms with Crippen molar-refractivity contribution in [2.45, 2.75) is 26.3 Å². The van der Waals surface area contributed by atoms with E-state index in [1.54, 1.807) is 21.3 Å². The van der Waals surface area contributed by atoms with E-state index in [0.717, 1.165) is 12.5 Å². The standard InChI is InChI=1S/C13H22O3Si/c1-11-6-7-13(12(2)10-11)8-9-17(14-3,15-4)16-5/h6-7,10H,8-9H2,1-5H3. The third kappa shape index (κ3) is 3.64. The molecule has 1 rings (SSSR count). The highest BCUT2D eigenvalue weighted by Crippen LogP contribution is 2.19. The number of hydrogen-bond donors (Lipinski definition) is 0. The molecule has 1 aromatic carbocycles. The van der Waals surface area contributed by atoms with Crippen LogP contribution in [0.2, 0.25) is 6.04 Å². The van der Waals surface area contributed by atoms with Crippen LogP contribution in [0, 0.1) is 13.8 Å². The van der Waals surface area contributed by atoms with Gasteiger partial charge in [-0.15, -0.1) is 0 Å². The maximum absolute atomic E-state index is 5.42. The van der Waals surface area contributed by atoms with Gasteiger partial charge in [0.2, 0.25) is 0 Å². The van der Waals surface area contributed by atoms with Crippen LogP contribution in [0.4, 0.5) is 0 Å². The fourth-order valence-corrected chi connectivity index (χ4v) is 3.66. The van der Waals surface area contributed by atoms with Crippen molar-refractivity contribution in [3.63, 3.8) is 0 Å². The Hall–Kier alpha value is -0.683. The molecule has 0 radical (unpaired) electrons. The van der Waals surface area contributed by atoms with Crippen LogP contribution in [-0.2, 0) is 19.7 Å². The Balaban J connectivity index is 2.72. The Morgan fingerprint density at radius 2 is 1.59 bits per heavy atom. The minimum absolute atomic E-state index is 0.806. The van der Waals surface area contributed by atoms with Crippen LogP contribution in [0.25, 0.3) is 0 Å². The molecule has 0 aliphatic rings. The summed E-state index contributed by atoms with van der Waals surface area (Å²) in [6.07, 6.45) is 0.924. The first-order valence-electron chi connectivity index (χ1n) is 5.78. The van der Waals surface area contributed by atoms with Gasteiger partial charge in [-0.2, -0.15) is 0 Å². The molecule has 0 atom stereocenters. The molecule has 4 heteroatoms. The molecular weight excluding hydrogens is 232 g/mol. The minimum Gasteiger partial charge on any atom is -0.377 e. The topological polar surface area (TPSA) is 27.7 Å². The smallest absolute Gasteiger partial charge is 0.377 e. The quantitative estimate of drug-likeness (QED) is 0.731. The van der Waals surface area contributed by atoms with Crippen molar-refractivity contribution in [2.75, 3.05) is 21.3 Å². The van der Waals surface area contributed by atoms with Gasteiger partial charge in [-0.3, -0.25) is 0 Å². The van der Waals surface area contributed by atoms with E-state index < -0.39 is 8.80 Å². The van der Waals surface area contributed by atoms with Gasteiger partial charge in [-0.1, -0.05) is 23.8 Å². The molecule has 0 aromatic heterocycles. The normalized spacial score (nSPS) is 11.8. The summed E-state index contributed by atoms with van der Waals surface area (Å²) in [4.78, 5) is 0. The first kappa shape index (κ1) is 14.4. The molecule has 0 fully saturated rings. The zero-order valence-corrected chi connectivity index (χ0v) is 12.4. The van der Waals surface area contributed by atoms with Gasteiger partial charge in [0, 0.05) is 27.4 Å². The van der Waals surface area contributed by atoms with E-state index in [1.165, 1.54) is 16.7 Å². The van der Waals surface area contributed by atoms with Gasteiger partial charge in [0.1, 0.15) is 0 Å². The second-order valence-electron chi connectivity index (χ2n) is 4.23. The second-order valence-corrected chi connectivity index (χ2v) is 7.32. The first-order valence-corrected chi connectivity index (χ1v) is 7.71. The summed E-state index contributed by atoms with van der Waals surface area (Å²) in [6.45, 7) is 4.24. The Morgan fingerprint density at radius 1 is 1.00 bits per heavy atom. The number of aryl methyl sites for hydroxylation is 3. The molecule has 96 valence electrons. The lowest BCUT2D eigenvalue weighted by molar-refractivity contribution is 0.123. The third-order valence-corrected chi connectivity index (χ3v) is 5.86. The minimum atomic E-state index is -2.44. The largest absolute Gasteiger partial charge is 0.500 e. The van der Waals surface area contributed by atoms with Gasteiger partial charge in [-0.25, -0.2) is 0 Å². The molecule has 3 nitrogen and oxygen atoms in total. The summed E-state index contributed by atoms with van der Waals surface area (Å²) in [5.74, 6) is 0. The molecule has 0 heterocycles. The highest BCUT2D eigenvalue weighted by Gasteiger charge is 2.37. The van der Waals surface area contributed by atoms with Crippen molar-refractivity contribution < 1.29 is 13.3 Å². The van der Waals surface area contributed by atoms with Gasteiger partial charge in [-0.05, 0) is 31.4 Å². The molecule has 17 heavy (non-hydrogen) atoms. The van der Waals surface area contributed by atoms with E-state index in [-0.39, 0.29) is 0 Å². The monoisotopic (exact) mass is 254 g/mol. The lowest BCUT2D eigenvalue weighted by Gasteiger charge is -2.24. The summed E-state index contributed by atoms with van der Waals surface area (Å²) < 4.78 is 16.2. The van der Waals surface area contributed by atoms with Crippen LogP contribution in [0.3, 0.4) is 0 Å². The molecular formula is C13H22O3Si. The number of benzene rings is 1. The van der Waals surface area contributed by atoms with Gasteiger partial charge in [0.05, 0.1) is 0 Å². The maximum atomic E-state index is 5.42. The second kappa shape index (κ2) is 6.30. The highest BCUT2D eigenvalue weighted by molar-refractivity contribution is 6.60. The van der Waals surface area contributed by atoms with E-state index in [2.05, 4.69) is 32.0 Å². The van der Waals surface area contributed by atoms with Crippen LogP contribution in [0.5, 0.6) is 0 Å². The molecule has 0 saturated heterocycles. The fraction of sp³-hybridized carbons (Fsp3) is 0.538. The predicted molar refractivity (Wildman–Crippen MR) is 71.2 cm³/mol. The zero-order chi connectivity index (χ0) is 12.9. The van der Waals surface area contributed by atoms with Crippen molar-refractivity contribution in [1.29, 1.82) is 0 Å². The van der Waals surface area contributed by atoms with Crippen LogP contribution in [0.15, 0.2) is 18.2 Å². The van der Waals surface area contributed by atoms with E-state index in [0.29, 0.717) is 0 Å². The van der Waals surface area contributed by atoms with Gasteiger partial charge in [0.25, 0.3) is 0 Å². The molecule has 0 bridgehead atoms. The first-order chi connectivity index (χ1) is 8.06. The Bertz CT molecular complexity index is 353. The van der Waals surface area contributed by atoms with Crippen LogP contribution >= 0.6 is 0 Å². The van der Waals surface area contributed by atoms with E-state index >= 15 is 0 Å². The van der Waals surface area contributed by atoms with E-state index in [4.69, 9.17) is 13.3 Å². The summed E-state index contributed by atoms with van der Waals surface area (Å²) in [5.41, 5.74) is 3.94. The summed E-state index contributed by atoms with van der Waals surface area (Å²) in [5, 5.41) is 0. The molecule has 0 aliphatic heterocycles. The lowest BCUT2D eigenvalue weighted by Crippen LogP contribution is -2.43. The van der Waals surface area contributed by atoms with Crippen LogP contribution < -0.4 is 0 Å². The van der Waals surface area contributed by atoms with Crippen molar-refractivity contribution in [1.82, 2.24) is 0 Å². The number of hydrogen-bond acceptors (Lipinski definition) is 3. The maximum Gasteiger partial charge on any atom is 0.500 e. The van der Waals surface area contributed by atoms with Crippen molar-refractivity contribution in [2.24, 2.45) is 0 Å². The Labute approximate surface area is 105 Å². The zero-order valence-electron chi connectivity index (χ0n) is 11.4.